The molecule has 0 amide bonds. The average Bonchev–Trinajstić information content (AvgIpc) is 3.45. The van der Waals surface area contributed by atoms with E-state index in [-0.39, 0.29) is 6.04 Å². The highest BCUT2D eigenvalue weighted by Gasteiger charge is 2.25. The van der Waals surface area contributed by atoms with Crippen LogP contribution in [0.2, 0.25) is 0 Å². The predicted octanol–water partition coefficient (Wildman–Crippen LogP) is 5.04. The number of hydrogen-bond acceptors (Lipinski definition) is 5. The van der Waals surface area contributed by atoms with Gasteiger partial charge in [-0.2, -0.15) is 4.98 Å². The van der Waals surface area contributed by atoms with Crippen molar-refractivity contribution in [3.05, 3.63) is 72.0 Å². The van der Waals surface area contributed by atoms with Gasteiger partial charge < -0.3 is 9.30 Å². The Morgan fingerprint density at radius 1 is 1.03 bits per heavy atom. The third-order valence-electron chi connectivity index (χ3n) is 6.24. The van der Waals surface area contributed by atoms with Crippen LogP contribution in [0.25, 0.3) is 44.4 Å². The topological polar surface area (TPSA) is 75.0 Å². The minimum Gasteiger partial charge on any atom is -0.381 e. The Kier molecular flexibility index (Phi) is 4.63. The van der Waals surface area contributed by atoms with Crippen molar-refractivity contribution in [1.82, 2.24) is 29.1 Å². The molecule has 0 atom stereocenters. The van der Waals surface area contributed by atoms with Gasteiger partial charge in [-0.05, 0) is 37.5 Å². The molecule has 0 radical (unpaired) electrons. The highest BCUT2D eigenvalue weighted by molar-refractivity contribution is 5.82. The van der Waals surface area contributed by atoms with Crippen molar-refractivity contribution in [2.45, 2.75) is 25.8 Å². The number of rotatable bonds is 3. The summed E-state index contributed by atoms with van der Waals surface area (Å²) in [5.74, 6) is 1.42. The van der Waals surface area contributed by atoms with E-state index >= 15 is 0 Å². The maximum absolute atomic E-state index is 7.34. The summed E-state index contributed by atoms with van der Waals surface area (Å²) in [6.07, 6.45) is 5.30. The van der Waals surface area contributed by atoms with Crippen LogP contribution in [-0.4, -0.2) is 42.3 Å². The van der Waals surface area contributed by atoms with Crippen LogP contribution in [0, 0.1) is 13.5 Å². The van der Waals surface area contributed by atoms with Crippen molar-refractivity contribution in [3.63, 3.8) is 0 Å². The second-order valence-electron chi connectivity index (χ2n) is 8.24. The molecule has 0 N–H and O–H groups in total. The molecule has 4 heterocycles. The van der Waals surface area contributed by atoms with Crippen molar-refractivity contribution >= 4 is 27.9 Å². The van der Waals surface area contributed by atoms with Gasteiger partial charge in [0.15, 0.2) is 11.3 Å². The van der Waals surface area contributed by atoms with Crippen LogP contribution in [0.1, 0.15) is 24.4 Å². The van der Waals surface area contributed by atoms with E-state index in [1.807, 2.05) is 28.8 Å². The fourth-order valence-electron chi connectivity index (χ4n) is 4.53. The third-order valence-corrected chi connectivity index (χ3v) is 6.24. The van der Waals surface area contributed by atoms with Crippen LogP contribution < -0.4 is 0 Å². The first-order valence-electron chi connectivity index (χ1n) is 11.0. The van der Waals surface area contributed by atoms with Crippen molar-refractivity contribution in [2.75, 3.05) is 13.2 Å². The van der Waals surface area contributed by atoms with Gasteiger partial charge in [-0.3, -0.25) is 4.57 Å². The second-order valence-corrected chi connectivity index (χ2v) is 8.24. The summed E-state index contributed by atoms with van der Waals surface area (Å²) in [4.78, 5) is 22.6. The monoisotopic (exact) mass is 435 g/mol. The molecule has 162 valence electrons. The van der Waals surface area contributed by atoms with Crippen LogP contribution >= 0.6 is 0 Å². The summed E-state index contributed by atoms with van der Waals surface area (Å²) in [5.41, 5.74) is 5.98. The van der Waals surface area contributed by atoms with Crippen LogP contribution in [-0.2, 0) is 4.74 Å². The zero-order chi connectivity index (χ0) is 22.4. The fourth-order valence-corrected chi connectivity index (χ4v) is 4.53. The SMILES string of the molecule is [C-]#[N+]c1ccc2ncn(-c3ncc4nc(-c5ccccc5C)n(C5CCOCC5)c4n3)c2c1. The first-order chi connectivity index (χ1) is 16.2. The highest BCUT2D eigenvalue weighted by atomic mass is 16.5. The first-order valence-corrected chi connectivity index (χ1v) is 11.0. The zero-order valence-corrected chi connectivity index (χ0v) is 18.1. The standard InChI is InChI=1S/C25H21N7O/c1-16-5-3-4-6-19(16)23-29-21-14-27-25(30-24(21)32(23)18-9-11-33-12-10-18)31-15-28-20-8-7-17(26-2)13-22(20)31/h3-8,13-15,18H,9-12H2,1H3. The molecule has 2 aromatic carbocycles. The first kappa shape index (κ1) is 19.6. The van der Waals surface area contributed by atoms with Gasteiger partial charge in [-0.1, -0.05) is 30.3 Å². The molecule has 8 heteroatoms. The van der Waals surface area contributed by atoms with Crippen LogP contribution in [0.3, 0.4) is 0 Å². The Balaban J connectivity index is 1.58. The number of ether oxygens (including phenoxy) is 1. The maximum atomic E-state index is 7.34. The molecular formula is C25H21N7O. The molecular weight excluding hydrogens is 414 g/mol. The Bertz CT molecular complexity index is 1540. The molecule has 0 bridgehead atoms. The molecule has 6 rings (SSSR count). The number of benzene rings is 2. The molecule has 0 unspecified atom stereocenters. The number of fused-ring (bicyclic) bond motifs is 2. The molecule has 1 aliphatic rings. The molecule has 8 nitrogen and oxygen atoms in total. The van der Waals surface area contributed by atoms with Gasteiger partial charge in [0.05, 0.1) is 23.8 Å². The van der Waals surface area contributed by atoms with Crippen molar-refractivity contribution in [2.24, 2.45) is 0 Å². The fraction of sp³-hybridized carbons (Fsp3) is 0.240. The average molecular weight is 435 g/mol. The minimum absolute atomic E-state index is 0.245. The van der Waals surface area contributed by atoms with E-state index in [0.29, 0.717) is 11.6 Å². The Hall–Kier alpha value is -4.09. The van der Waals surface area contributed by atoms with E-state index in [9.17, 15) is 0 Å². The van der Waals surface area contributed by atoms with Crippen LogP contribution in [0.4, 0.5) is 5.69 Å². The molecule has 0 aliphatic carbocycles. The summed E-state index contributed by atoms with van der Waals surface area (Å²) in [7, 11) is 0. The predicted molar refractivity (Wildman–Crippen MR) is 125 cm³/mol. The highest BCUT2D eigenvalue weighted by Crippen LogP contribution is 2.33. The number of nitrogens with zero attached hydrogens (tertiary/aromatic N) is 7. The van der Waals surface area contributed by atoms with Gasteiger partial charge in [0.25, 0.3) is 0 Å². The quantitative estimate of drug-likeness (QED) is 0.371. The number of hydrogen-bond donors (Lipinski definition) is 0. The Morgan fingerprint density at radius 2 is 1.88 bits per heavy atom. The van der Waals surface area contributed by atoms with Crippen molar-refractivity contribution < 1.29 is 4.74 Å². The summed E-state index contributed by atoms with van der Waals surface area (Å²) in [6.45, 7) is 10.9. The van der Waals surface area contributed by atoms with Gasteiger partial charge >= 0.3 is 0 Å². The molecule has 3 aromatic heterocycles. The lowest BCUT2D eigenvalue weighted by molar-refractivity contribution is 0.0708. The summed E-state index contributed by atoms with van der Waals surface area (Å²) < 4.78 is 9.72. The maximum Gasteiger partial charge on any atom is 0.237 e. The molecule has 0 spiro atoms. The molecule has 33 heavy (non-hydrogen) atoms. The Labute approximate surface area is 190 Å². The lowest BCUT2D eigenvalue weighted by atomic mass is 10.1. The van der Waals surface area contributed by atoms with E-state index in [1.54, 1.807) is 18.6 Å². The third kappa shape index (κ3) is 3.25. The smallest absolute Gasteiger partial charge is 0.237 e. The normalized spacial score (nSPS) is 14.7. The molecule has 1 fully saturated rings. The van der Waals surface area contributed by atoms with Gasteiger partial charge in [0, 0.05) is 24.8 Å². The number of aryl methyl sites for hydroxylation is 1. The number of imidazole rings is 2. The molecule has 5 aromatic rings. The summed E-state index contributed by atoms with van der Waals surface area (Å²) >= 11 is 0. The second kappa shape index (κ2) is 7.80. The van der Waals surface area contributed by atoms with Crippen LogP contribution in [0.5, 0.6) is 0 Å². The lowest BCUT2D eigenvalue weighted by Gasteiger charge is -2.25. The summed E-state index contributed by atoms with van der Waals surface area (Å²) in [5, 5.41) is 0. The largest absolute Gasteiger partial charge is 0.381 e. The molecule has 1 aliphatic heterocycles. The van der Waals surface area contributed by atoms with E-state index in [2.05, 4.69) is 38.4 Å². The van der Waals surface area contributed by atoms with E-state index in [0.717, 1.165) is 59.6 Å². The van der Waals surface area contributed by atoms with Gasteiger partial charge in [0.1, 0.15) is 17.7 Å². The summed E-state index contributed by atoms with van der Waals surface area (Å²) in [6, 6.07) is 14.0. The van der Waals surface area contributed by atoms with Crippen molar-refractivity contribution in [3.8, 4) is 17.3 Å². The lowest BCUT2D eigenvalue weighted by Crippen LogP contribution is -2.21. The van der Waals surface area contributed by atoms with Crippen molar-refractivity contribution in [1.29, 1.82) is 0 Å². The molecule has 0 saturated carbocycles. The van der Waals surface area contributed by atoms with Gasteiger partial charge in [-0.15, -0.1) is 0 Å². The van der Waals surface area contributed by atoms with E-state index < -0.39 is 0 Å². The van der Waals surface area contributed by atoms with Gasteiger partial charge in [-0.25, -0.2) is 19.8 Å². The van der Waals surface area contributed by atoms with E-state index in [1.165, 1.54) is 5.56 Å². The Morgan fingerprint density at radius 3 is 2.70 bits per heavy atom. The minimum atomic E-state index is 0.245. The van der Waals surface area contributed by atoms with E-state index in [4.69, 9.17) is 21.3 Å². The van der Waals surface area contributed by atoms with Crippen LogP contribution in [0.15, 0.2) is 55.0 Å². The molecule has 1 saturated heterocycles. The number of aromatic nitrogens is 6. The van der Waals surface area contributed by atoms with Gasteiger partial charge in [0.2, 0.25) is 5.95 Å². The zero-order valence-electron chi connectivity index (χ0n) is 18.1.